The first-order valence-electron chi connectivity index (χ1n) is 8.75. The van der Waals surface area contributed by atoms with Crippen LogP contribution in [0.4, 0.5) is 11.4 Å². The molecule has 3 aromatic carbocycles. The third-order valence-electron chi connectivity index (χ3n) is 4.29. The van der Waals surface area contributed by atoms with E-state index >= 15 is 0 Å². The van der Waals surface area contributed by atoms with Crippen LogP contribution in [0.3, 0.4) is 0 Å². The maximum absolute atomic E-state index is 12.8. The average Bonchev–Trinajstić information content (AvgIpc) is 2.65. The molecule has 4 nitrogen and oxygen atoms in total. The third kappa shape index (κ3) is 4.88. The number of nitrogens with zero attached hydrogens (tertiary/aromatic N) is 1. The van der Waals surface area contributed by atoms with E-state index in [9.17, 15) is 8.42 Å². The van der Waals surface area contributed by atoms with Crippen LogP contribution >= 0.6 is 15.9 Å². The number of rotatable bonds is 5. The van der Waals surface area contributed by atoms with Gasteiger partial charge < -0.3 is 0 Å². The van der Waals surface area contributed by atoms with Crippen molar-refractivity contribution in [2.75, 3.05) is 4.72 Å². The van der Waals surface area contributed by atoms with Crippen LogP contribution in [-0.2, 0) is 10.0 Å². The topological polar surface area (TPSA) is 58.5 Å². The smallest absolute Gasteiger partial charge is 0.261 e. The Morgan fingerprint density at radius 3 is 2.04 bits per heavy atom. The summed E-state index contributed by atoms with van der Waals surface area (Å²) in [5.41, 5.74) is 5.18. The number of sulfonamides is 1. The molecule has 0 spiro atoms. The Morgan fingerprint density at radius 2 is 1.46 bits per heavy atom. The zero-order valence-corrected chi connectivity index (χ0v) is 18.3. The lowest BCUT2D eigenvalue weighted by Crippen LogP contribution is -2.14. The molecule has 0 saturated carbocycles. The van der Waals surface area contributed by atoms with E-state index in [1.165, 1.54) is 0 Å². The van der Waals surface area contributed by atoms with Gasteiger partial charge in [0.05, 0.1) is 16.3 Å². The van der Waals surface area contributed by atoms with Crippen LogP contribution in [0.1, 0.15) is 22.3 Å². The normalized spacial score (nSPS) is 11.7. The minimum Gasteiger partial charge on any atom is -0.279 e. The quantitative estimate of drug-likeness (QED) is 0.483. The number of benzene rings is 3. The van der Waals surface area contributed by atoms with Crippen molar-refractivity contribution in [3.05, 3.63) is 87.4 Å². The molecule has 0 radical (unpaired) electrons. The molecule has 3 rings (SSSR count). The van der Waals surface area contributed by atoms with E-state index in [1.807, 2.05) is 57.2 Å². The summed E-state index contributed by atoms with van der Waals surface area (Å²) < 4.78 is 29.2. The Hall–Kier alpha value is -2.44. The maximum Gasteiger partial charge on any atom is 0.261 e. The molecule has 6 heteroatoms. The molecule has 0 atom stereocenters. The first-order valence-corrected chi connectivity index (χ1v) is 11.0. The highest BCUT2D eigenvalue weighted by Gasteiger charge is 2.16. The Bertz CT molecular complexity index is 1100. The third-order valence-corrected chi connectivity index (χ3v) is 6.19. The molecule has 0 heterocycles. The lowest BCUT2D eigenvalue weighted by Gasteiger charge is -2.14. The summed E-state index contributed by atoms with van der Waals surface area (Å²) in [6, 6.07) is 18.2. The summed E-state index contributed by atoms with van der Waals surface area (Å²) >= 11 is 3.40. The van der Waals surface area contributed by atoms with Crippen molar-refractivity contribution < 1.29 is 8.42 Å². The number of nitrogens with one attached hydrogen (secondary N) is 1. The SMILES string of the molecule is Cc1cc(C)c(NS(=O)(=O)c2ccc(N=Cc3ccc(Br)cc3)cc2)c(C)c1. The summed E-state index contributed by atoms with van der Waals surface area (Å²) in [6.45, 7) is 5.79. The van der Waals surface area contributed by atoms with Gasteiger partial charge >= 0.3 is 0 Å². The molecule has 0 fully saturated rings. The highest BCUT2D eigenvalue weighted by molar-refractivity contribution is 9.10. The molecular formula is C22H21BrN2O2S. The van der Waals surface area contributed by atoms with E-state index in [1.54, 1.807) is 30.5 Å². The van der Waals surface area contributed by atoms with Gasteiger partial charge in [-0.3, -0.25) is 9.71 Å². The van der Waals surface area contributed by atoms with Gasteiger partial charge in [0.1, 0.15) is 0 Å². The minimum atomic E-state index is -3.67. The Balaban J connectivity index is 1.79. The van der Waals surface area contributed by atoms with Gasteiger partial charge in [-0.2, -0.15) is 0 Å². The fourth-order valence-corrected chi connectivity index (χ4v) is 4.41. The molecule has 3 aromatic rings. The molecule has 0 bridgehead atoms. The summed E-state index contributed by atoms with van der Waals surface area (Å²) in [5.74, 6) is 0. The molecule has 0 saturated heterocycles. The first-order chi connectivity index (χ1) is 13.2. The molecular weight excluding hydrogens is 436 g/mol. The van der Waals surface area contributed by atoms with Crippen molar-refractivity contribution in [1.29, 1.82) is 0 Å². The summed E-state index contributed by atoms with van der Waals surface area (Å²) in [6.07, 6.45) is 1.74. The molecule has 0 aliphatic carbocycles. The molecule has 0 amide bonds. The molecule has 0 aliphatic heterocycles. The van der Waals surface area contributed by atoms with Crippen LogP contribution in [0.5, 0.6) is 0 Å². The minimum absolute atomic E-state index is 0.203. The van der Waals surface area contributed by atoms with E-state index in [0.29, 0.717) is 11.4 Å². The number of hydrogen-bond donors (Lipinski definition) is 1. The predicted molar refractivity (Wildman–Crippen MR) is 119 cm³/mol. The average molecular weight is 457 g/mol. The maximum atomic E-state index is 12.8. The highest BCUT2D eigenvalue weighted by Crippen LogP contribution is 2.26. The molecule has 144 valence electrons. The monoisotopic (exact) mass is 456 g/mol. The van der Waals surface area contributed by atoms with Gasteiger partial charge in [0, 0.05) is 10.7 Å². The van der Waals surface area contributed by atoms with Gasteiger partial charge in [-0.15, -0.1) is 0 Å². The molecule has 28 heavy (non-hydrogen) atoms. The van der Waals surface area contributed by atoms with Crippen molar-refractivity contribution in [3.63, 3.8) is 0 Å². The van der Waals surface area contributed by atoms with Crippen molar-refractivity contribution in [2.45, 2.75) is 25.7 Å². The fourth-order valence-electron chi connectivity index (χ4n) is 2.94. The summed E-state index contributed by atoms with van der Waals surface area (Å²) in [5, 5.41) is 0. The largest absolute Gasteiger partial charge is 0.279 e. The molecule has 0 aromatic heterocycles. The molecule has 0 aliphatic rings. The highest BCUT2D eigenvalue weighted by atomic mass is 79.9. The fraction of sp³-hybridized carbons (Fsp3) is 0.136. The van der Waals surface area contributed by atoms with Crippen LogP contribution < -0.4 is 4.72 Å². The van der Waals surface area contributed by atoms with Crippen LogP contribution in [0.15, 0.2) is 75.0 Å². The Kier molecular flexibility index (Phi) is 6.01. The number of anilines is 1. The van der Waals surface area contributed by atoms with Gasteiger partial charge in [-0.05, 0) is 73.9 Å². The van der Waals surface area contributed by atoms with E-state index in [-0.39, 0.29) is 4.90 Å². The number of aryl methyl sites for hydroxylation is 3. The summed E-state index contributed by atoms with van der Waals surface area (Å²) in [7, 11) is -3.67. The van der Waals surface area contributed by atoms with Crippen molar-refractivity contribution in [1.82, 2.24) is 0 Å². The second-order valence-corrected chi connectivity index (χ2v) is 9.28. The van der Waals surface area contributed by atoms with Gasteiger partial charge in [-0.25, -0.2) is 8.42 Å². The molecule has 0 unspecified atom stereocenters. The zero-order chi connectivity index (χ0) is 20.3. The Labute approximate surface area is 174 Å². The Morgan fingerprint density at radius 1 is 0.893 bits per heavy atom. The number of aliphatic imine (C=N–C) groups is 1. The lowest BCUT2D eigenvalue weighted by molar-refractivity contribution is 0.601. The van der Waals surface area contributed by atoms with Gasteiger partial charge in [-0.1, -0.05) is 45.8 Å². The van der Waals surface area contributed by atoms with Gasteiger partial charge in [0.25, 0.3) is 10.0 Å². The van der Waals surface area contributed by atoms with Crippen molar-refractivity contribution >= 4 is 43.5 Å². The van der Waals surface area contributed by atoms with E-state index in [2.05, 4.69) is 25.6 Å². The van der Waals surface area contributed by atoms with Crippen LogP contribution in [0.2, 0.25) is 0 Å². The number of hydrogen-bond acceptors (Lipinski definition) is 3. The van der Waals surface area contributed by atoms with Gasteiger partial charge in [0.15, 0.2) is 0 Å². The predicted octanol–water partition coefficient (Wildman–Crippen LogP) is 5.93. The first kappa shape index (κ1) is 20.3. The van der Waals surface area contributed by atoms with Crippen LogP contribution in [-0.4, -0.2) is 14.6 Å². The second kappa shape index (κ2) is 8.29. The van der Waals surface area contributed by atoms with Crippen LogP contribution in [0, 0.1) is 20.8 Å². The number of halogens is 1. The van der Waals surface area contributed by atoms with Crippen molar-refractivity contribution in [2.24, 2.45) is 4.99 Å². The molecule has 1 N–H and O–H groups in total. The summed E-state index contributed by atoms with van der Waals surface area (Å²) in [4.78, 5) is 4.60. The second-order valence-electron chi connectivity index (χ2n) is 6.68. The van der Waals surface area contributed by atoms with Gasteiger partial charge in [0.2, 0.25) is 0 Å². The van der Waals surface area contributed by atoms with Crippen molar-refractivity contribution in [3.8, 4) is 0 Å². The van der Waals surface area contributed by atoms with Crippen LogP contribution in [0.25, 0.3) is 0 Å². The zero-order valence-electron chi connectivity index (χ0n) is 15.9. The van der Waals surface area contributed by atoms with E-state index < -0.39 is 10.0 Å². The van der Waals surface area contributed by atoms with E-state index in [0.717, 1.165) is 26.7 Å². The standard InChI is InChI=1S/C22H21BrN2O2S/c1-15-12-16(2)22(17(3)13-15)25-28(26,27)21-10-8-20(9-11-21)24-14-18-4-6-19(23)7-5-18/h4-14,25H,1-3H3. The van der Waals surface area contributed by atoms with E-state index in [4.69, 9.17) is 0 Å². The lowest BCUT2D eigenvalue weighted by atomic mass is 10.1.